The molecule has 0 radical (unpaired) electrons. The van der Waals surface area contributed by atoms with E-state index in [-0.39, 0.29) is 13.2 Å². The Hall–Kier alpha value is -2.86. The van der Waals surface area contributed by atoms with Crippen LogP contribution in [0.1, 0.15) is 11.1 Å². The highest BCUT2D eigenvalue weighted by atomic mass is 35.5. The number of hydrogen-bond donors (Lipinski definition) is 2. The minimum Gasteiger partial charge on any atom is -0.484 e. The van der Waals surface area contributed by atoms with Crippen molar-refractivity contribution in [1.29, 1.82) is 0 Å². The number of ether oxygens (including phenoxy) is 1. The normalized spacial score (nSPS) is 10.5. The van der Waals surface area contributed by atoms with Crippen LogP contribution in [-0.2, 0) is 9.59 Å². The molecule has 0 aromatic heterocycles. The van der Waals surface area contributed by atoms with Gasteiger partial charge in [0.2, 0.25) is 0 Å². The maximum atomic E-state index is 11.6. The predicted molar refractivity (Wildman–Crippen MR) is 96.9 cm³/mol. The van der Waals surface area contributed by atoms with Gasteiger partial charge >= 0.3 is 0 Å². The van der Waals surface area contributed by atoms with Gasteiger partial charge in [-0.15, -0.1) is 0 Å². The van der Waals surface area contributed by atoms with E-state index in [1.54, 1.807) is 24.3 Å². The van der Waals surface area contributed by atoms with Crippen molar-refractivity contribution < 1.29 is 14.3 Å². The number of benzene rings is 2. The summed E-state index contributed by atoms with van der Waals surface area (Å²) in [6.07, 6.45) is 1.53. The van der Waals surface area contributed by atoms with Crippen molar-refractivity contribution in [3.05, 3.63) is 64.7 Å². The molecule has 25 heavy (non-hydrogen) atoms. The number of amides is 2. The minimum atomic E-state index is -0.428. The number of carbonyl (C=O) groups excluding carboxylic acids is 2. The highest BCUT2D eigenvalue weighted by molar-refractivity contribution is 6.30. The molecule has 2 aromatic rings. The largest absolute Gasteiger partial charge is 0.484 e. The van der Waals surface area contributed by atoms with Crippen molar-refractivity contribution in [3.63, 3.8) is 0 Å². The highest BCUT2D eigenvalue weighted by Crippen LogP contribution is 2.15. The fourth-order valence-electron chi connectivity index (χ4n) is 1.78. The van der Waals surface area contributed by atoms with Crippen molar-refractivity contribution >= 4 is 29.6 Å². The average molecular weight is 360 g/mol. The Kier molecular flexibility index (Phi) is 6.98. The van der Waals surface area contributed by atoms with Gasteiger partial charge in [0.25, 0.3) is 11.8 Å². The van der Waals surface area contributed by atoms with E-state index in [0.29, 0.717) is 10.8 Å². The summed E-state index contributed by atoms with van der Waals surface area (Å²) in [6, 6.07) is 14.3. The molecule has 2 amide bonds. The summed E-state index contributed by atoms with van der Waals surface area (Å²) in [6.45, 7) is 1.61. The van der Waals surface area contributed by atoms with Crippen LogP contribution in [0.15, 0.2) is 53.6 Å². The molecule has 2 N–H and O–H groups in total. The van der Waals surface area contributed by atoms with Crippen LogP contribution >= 0.6 is 11.6 Å². The second-order valence-corrected chi connectivity index (χ2v) is 5.66. The van der Waals surface area contributed by atoms with E-state index in [4.69, 9.17) is 16.3 Å². The zero-order valence-corrected chi connectivity index (χ0v) is 14.4. The lowest BCUT2D eigenvalue weighted by atomic mass is 10.2. The van der Waals surface area contributed by atoms with Crippen molar-refractivity contribution in [2.45, 2.75) is 6.92 Å². The number of nitrogens with one attached hydrogen (secondary N) is 2. The van der Waals surface area contributed by atoms with Gasteiger partial charge in [-0.3, -0.25) is 9.59 Å². The average Bonchev–Trinajstić information content (AvgIpc) is 2.61. The van der Waals surface area contributed by atoms with Gasteiger partial charge in [-0.2, -0.15) is 5.10 Å². The summed E-state index contributed by atoms with van der Waals surface area (Å²) in [7, 11) is 0. The van der Waals surface area contributed by atoms with Crippen molar-refractivity contribution in [2.75, 3.05) is 13.2 Å². The Bertz CT molecular complexity index is 743. The number of aryl methyl sites for hydroxylation is 1. The highest BCUT2D eigenvalue weighted by Gasteiger charge is 2.05. The molecular weight excluding hydrogens is 342 g/mol. The SMILES string of the molecule is Cc1ccc(/C=N/NC(=O)CNC(=O)COc2ccc(Cl)cc2)cc1. The Morgan fingerprint density at radius 1 is 1.08 bits per heavy atom. The van der Waals surface area contributed by atoms with Gasteiger partial charge in [0.1, 0.15) is 5.75 Å². The van der Waals surface area contributed by atoms with E-state index in [2.05, 4.69) is 15.8 Å². The van der Waals surface area contributed by atoms with Gasteiger partial charge in [-0.05, 0) is 36.8 Å². The molecule has 0 saturated heterocycles. The van der Waals surface area contributed by atoms with E-state index < -0.39 is 11.8 Å². The Morgan fingerprint density at radius 2 is 1.76 bits per heavy atom. The first-order valence-electron chi connectivity index (χ1n) is 7.56. The van der Waals surface area contributed by atoms with E-state index in [1.807, 2.05) is 31.2 Å². The zero-order valence-electron chi connectivity index (χ0n) is 13.7. The molecule has 0 spiro atoms. The number of hydrogen-bond acceptors (Lipinski definition) is 4. The monoisotopic (exact) mass is 359 g/mol. The lowest BCUT2D eigenvalue weighted by Crippen LogP contribution is -2.37. The first-order chi connectivity index (χ1) is 12.0. The van der Waals surface area contributed by atoms with Crippen LogP contribution in [0.3, 0.4) is 0 Å². The van der Waals surface area contributed by atoms with Gasteiger partial charge in [-0.25, -0.2) is 5.43 Å². The van der Waals surface area contributed by atoms with Crippen LogP contribution in [-0.4, -0.2) is 31.2 Å². The Labute approximate surface area is 150 Å². The molecule has 0 atom stereocenters. The lowest BCUT2D eigenvalue weighted by molar-refractivity contribution is -0.127. The second-order valence-electron chi connectivity index (χ2n) is 5.22. The summed E-state index contributed by atoms with van der Waals surface area (Å²) in [5, 5.41) is 6.86. The van der Waals surface area contributed by atoms with Gasteiger partial charge in [0.15, 0.2) is 6.61 Å². The van der Waals surface area contributed by atoms with E-state index in [0.717, 1.165) is 11.1 Å². The van der Waals surface area contributed by atoms with Crippen LogP contribution in [0.5, 0.6) is 5.75 Å². The molecule has 0 aliphatic heterocycles. The predicted octanol–water partition coefficient (Wildman–Crippen LogP) is 2.29. The lowest BCUT2D eigenvalue weighted by Gasteiger charge is -2.07. The number of halogens is 1. The fraction of sp³-hybridized carbons (Fsp3) is 0.167. The van der Waals surface area contributed by atoms with Crippen LogP contribution in [0, 0.1) is 6.92 Å². The van der Waals surface area contributed by atoms with Crippen molar-refractivity contribution in [2.24, 2.45) is 5.10 Å². The molecule has 0 saturated carbocycles. The molecule has 0 heterocycles. The molecule has 7 heteroatoms. The van der Waals surface area contributed by atoms with Gasteiger partial charge < -0.3 is 10.1 Å². The third-order valence-electron chi connectivity index (χ3n) is 3.11. The topological polar surface area (TPSA) is 79.8 Å². The van der Waals surface area contributed by atoms with E-state index in [1.165, 1.54) is 6.21 Å². The smallest absolute Gasteiger partial charge is 0.259 e. The molecule has 0 bridgehead atoms. The number of carbonyl (C=O) groups is 2. The van der Waals surface area contributed by atoms with Crippen LogP contribution in [0.4, 0.5) is 0 Å². The first kappa shape index (κ1) is 18.5. The summed E-state index contributed by atoms with van der Waals surface area (Å²) in [5.41, 5.74) is 4.35. The molecule has 0 aliphatic carbocycles. The van der Waals surface area contributed by atoms with Crippen LogP contribution in [0.25, 0.3) is 0 Å². The van der Waals surface area contributed by atoms with Gasteiger partial charge in [0, 0.05) is 5.02 Å². The maximum Gasteiger partial charge on any atom is 0.259 e. The van der Waals surface area contributed by atoms with E-state index >= 15 is 0 Å². The van der Waals surface area contributed by atoms with Crippen molar-refractivity contribution in [1.82, 2.24) is 10.7 Å². The summed E-state index contributed by atoms with van der Waals surface area (Å²) < 4.78 is 5.27. The van der Waals surface area contributed by atoms with Gasteiger partial charge in [0.05, 0.1) is 12.8 Å². The third kappa shape index (κ3) is 7.05. The fourth-order valence-corrected chi connectivity index (χ4v) is 1.91. The third-order valence-corrected chi connectivity index (χ3v) is 3.36. The molecule has 130 valence electrons. The first-order valence-corrected chi connectivity index (χ1v) is 7.94. The Morgan fingerprint density at radius 3 is 2.44 bits per heavy atom. The molecule has 0 fully saturated rings. The zero-order chi connectivity index (χ0) is 18.1. The summed E-state index contributed by atoms with van der Waals surface area (Å²) in [5.74, 6) is -0.317. The molecule has 0 aliphatic rings. The molecule has 6 nitrogen and oxygen atoms in total. The van der Waals surface area contributed by atoms with Crippen LogP contribution in [0.2, 0.25) is 5.02 Å². The molecule has 2 aromatic carbocycles. The quantitative estimate of drug-likeness (QED) is 0.588. The maximum absolute atomic E-state index is 11.6. The summed E-state index contributed by atoms with van der Waals surface area (Å²) >= 11 is 5.76. The summed E-state index contributed by atoms with van der Waals surface area (Å²) in [4.78, 5) is 23.2. The second kappa shape index (κ2) is 9.44. The minimum absolute atomic E-state index is 0.186. The van der Waals surface area contributed by atoms with E-state index in [9.17, 15) is 9.59 Å². The number of hydrazone groups is 1. The molecule has 0 unspecified atom stereocenters. The number of rotatable bonds is 7. The molecule has 2 rings (SSSR count). The van der Waals surface area contributed by atoms with Gasteiger partial charge in [-0.1, -0.05) is 41.4 Å². The van der Waals surface area contributed by atoms with Crippen LogP contribution < -0.4 is 15.5 Å². The molecular formula is C18H18ClN3O3. The Balaban J connectivity index is 1.66. The standard InChI is InChI=1S/C18H18ClN3O3/c1-13-2-4-14(5-3-13)10-21-22-17(23)11-20-18(24)12-25-16-8-6-15(19)7-9-16/h2-10H,11-12H2,1H3,(H,20,24)(H,22,23)/b21-10+. The number of nitrogens with zero attached hydrogens (tertiary/aromatic N) is 1. The van der Waals surface area contributed by atoms with Crippen molar-refractivity contribution in [3.8, 4) is 5.75 Å².